The number of hydrogen-bond acceptors (Lipinski definition) is 3. The van der Waals surface area contributed by atoms with Gasteiger partial charge in [-0.05, 0) is 19.1 Å². The number of hydrogen-bond donors (Lipinski definition) is 0. The van der Waals surface area contributed by atoms with Crippen molar-refractivity contribution in [2.24, 2.45) is 7.05 Å². The molecule has 1 heterocycles. The third-order valence-corrected chi connectivity index (χ3v) is 2.45. The molecule has 0 atom stereocenters. The molecule has 1 aromatic heterocycles. The molecule has 1 aromatic carbocycles. The lowest BCUT2D eigenvalue weighted by molar-refractivity contribution is 0.0983. The molecule has 0 unspecified atom stereocenters. The molecule has 0 bridgehead atoms. The monoisotopic (exact) mass is 230 g/mol. The standard InChI is InChI=1S/C12H14N4O/c1-3-16(10-7-5-4-6-8-10)12(17)11-9-13-15(2)14-11/h4-9H,3H2,1-2H3. The van der Waals surface area contributed by atoms with Gasteiger partial charge in [0.25, 0.3) is 5.91 Å². The Balaban J connectivity index is 2.28. The maximum absolute atomic E-state index is 12.2. The lowest BCUT2D eigenvalue weighted by atomic mass is 10.2. The molecule has 17 heavy (non-hydrogen) atoms. The van der Waals surface area contributed by atoms with Gasteiger partial charge in [0.15, 0.2) is 5.69 Å². The molecular weight excluding hydrogens is 216 g/mol. The smallest absolute Gasteiger partial charge is 0.280 e. The molecule has 0 saturated heterocycles. The Kier molecular flexibility index (Phi) is 3.18. The zero-order valence-corrected chi connectivity index (χ0v) is 9.87. The molecule has 0 aliphatic heterocycles. The lowest BCUT2D eigenvalue weighted by Gasteiger charge is -2.19. The largest absolute Gasteiger partial charge is 0.307 e. The minimum absolute atomic E-state index is 0.133. The lowest BCUT2D eigenvalue weighted by Crippen LogP contribution is -2.30. The molecule has 0 radical (unpaired) electrons. The van der Waals surface area contributed by atoms with Crippen LogP contribution in [0, 0.1) is 0 Å². The van der Waals surface area contributed by atoms with Crippen molar-refractivity contribution in [2.45, 2.75) is 6.92 Å². The number of aromatic nitrogens is 3. The molecule has 0 aliphatic carbocycles. The Morgan fingerprint density at radius 3 is 2.59 bits per heavy atom. The summed E-state index contributed by atoms with van der Waals surface area (Å²) in [6.45, 7) is 2.53. The van der Waals surface area contributed by atoms with Crippen LogP contribution in [0.2, 0.25) is 0 Å². The molecule has 0 spiro atoms. The van der Waals surface area contributed by atoms with Gasteiger partial charge in [-0.15, -0.1) is 5.10 Å². The Morgan fingerprint density at radius 1 is 1.35 bits per heavy atom. The van der Waals surface area contributed by atoms with Crippen molar-refractivity contribution in [3.8, 4) is 0 Å². The van der Waals surface area contributed by atoms with Crippen molar-refractivity contribution in [1.29, 1.82) is 0 Å². The maximum atomic E-state index is 12.2. The summed E-state index contributed by atoms with van der Waals surface area (Å²) in [6.07, 6.45) is 1.48. The summed E-state index contributed by atoms with van der Waals surface area (Å²) in [5.41, 5.74) is 1.23. The van der Waals surface area contributed by atoms with Crippen molar-refractivity contribution in [3.63, 3.8) is 0 Å². The van der Waals surface area contributed by atoms with Crippen molar-refractivity contribution in [2.75, 3.05) is 11.4 Å². The minimum atomic E-state index is -0.133. The first-order valence-electron chi connectivity index (χ1n) is 5.45. The van der Waals surface area contributed by atoms with Gasteiger partial charge in [0.05, 0.1) is 6.20 Å². The highest BCUT2D eigenvalue weighted by Crippen LogP contribution is 2.15. The number of benzene rings is 1. The van der Waals surface area contributed by atoms with Crippen LogP contribution >= 0.6 is 0 Å². The maximum Gasteiger partial charge on any atom is 0.280 e. The number of carbonyl (C=O) groups excluding carboxylic acids is 1. The van der Waals surface area contributed by atoms with Crippen LogP contribution in [0.5, 0.6) is 0 Å². The van der Waals surface area contributed by atoms with Gasteiger partial charge in [-0.1, -0.05) is 18.2 Å². The van der Waals surface area contributed by atoms with Gasteiger partial charge in [0.2, 0.25) is 0 Å². The van der Waals surface area contributed by atoms with E-state index in [1.165, 1.54) is 11.0 Å². The Labute approximate surface area is 99.7 Å². The van der Waals surface area contributed by atoms with Crippen LogP contribution in [-0.2, 0) is 7.05 Å². The molecule has 2 aromatic rings. The second-order valence-electron chi connectivity index (χ2n) is 3.60. The van der Waals surface area contributed by atoms with E-state index in [0.29, 0.717) is 12.2 Å². The van der Waals surface area contributed by atoms with Gasteiger partial charge < -0.3 is 4.90 Å². The van der Waals surface area contributed by atoms with Gasteiger partial charge in [0, 0.05) is 19.3 Å². The average molecular weight is 230 g/mol. The van der Waals surface area contributed by atoms with Gasteiger partial charge in [0.1, 0.15) is 0 Å². The highest BCUT2D eigenvalue weighted by molar-refractivity contribution is 6.04. The number of amides is 1. The molecular formula is C12H14N4O. The average Bonchev–Trinajstić information content (AvgIpc) is 2.78. The Hall–Kier alpha value is -2.17. The number of anilines is 1. The number of nitrogens with zero attached hydrogens (tertiary/aromatic N) is 4. The molecule has 5 heteroatoms. The van der Waals surface area contributed by atoms with E-state index in [9.17, 15) is 4.79 Å². The van der Waals surface area contributed by atoms with E-state index in [1.54, 1.807) is 11.9 Å². The Bertz CT molecular complexity index is 506. The first-order chi connectivity index (χ1) is 8.22. The van der Waals surface area contributed by atoms with Gasteiger partial charge >= 0.3 is 0 Å². The predicted molar refractivity (Wildman–Crippen MR) is 64.8 cm³/mol. The van der Waals surface area contributed by atoms with Crippen LogP contribution in [0.4, 0.5) is 5.69 Å². The fourth-order valence-electron chi connectivity index (χ4n) is 1.63. The number of para-hydroxylation sites is 1. The molecule has 0 aliphatic rings. The molecule has 88 valence electrons. The van der Waals surface area contributed by atoms with E-state index in [1.807, 2.05) is 37.3 Å². The normalized spacial score (nSPS) is 10.2. The minimum Gasteiger partial charge on any atom is -0.307 e. The summed E-state index contributed by atoms with van der Waals surface area (Å²) in [5.74, 6) is -0.133. The molecule has 0 N–H and O–H groups in total. The second kappa shape index (κ2) is 4.78. The third kappa shape index (κ3) is 2.33. The van der Waals surface area contributed by atoms with Crippen molar-refractivity contribution >= 4 is 11.6 Å². The highest BCUT2D eigenvalue weighted by Gasteiger charge is 2.18. The molecule has 1 amide bonds. The van der Waals surface area contributed by atoms with Crippen LogP contribution in [0.25, 0.3) is 0 Å². The quantitative estimate of drug-likeness (QED) is 0.802. The summed E-state index contributed by atoms with van der Waals surface area (Å²) in [7, 11) is 1.69. The van der Waals surface area contributed by atoms with Gasteiger partial charge in [-0.2, -0.15) is 9.90 Å². The van der Waals surface area contributed by atoms with Gasteiger partial charge in [-0.3, -0.25) is 4.79 Å². The summed E-state index contributed by atoms with van der Waals surface area (Å²) in [6, 6.07) is 9.53. The summed E-state index contributed by atoms with van der Waals surface area (Å²) in [4.78, 5) is 15.3. The molecule has 0 fully saturated rings. The van der Waals surface area contributed by atoms with Crippen LogP contribution < -0.4 is 4.90 Å². The van der Waals surface area contributed by atoms with Crippen molar-refractivity contribution in [1.82, 2.24) is 15.0 Å². The SMILES string of the molecule is CCN(C(=O)c1cnn(C)n1)c1ccccc1. The number of carbonyl (C=O) groups is 1. The first kappa shape index (κ1) is 11.3. The van der Waals surface area contributed by atoms with Crippen LogP contribution in [-0.4, -0.2) is 27.4 Å². The third-order valence-electron chi connectivity index (χ3n) is 2.45. The van der Waals surface area contributed by atoms with E-state index in [2.05, 4.69) is 10.2 Å². The van der Waals surface area contributed by atoms with Crippen LogP contribution in [0.3, 0.4) is 0 Å². The zero-order chi connectivity index (χ0) is 12.3. The van der Waals surface area contributed by atoms with Crippen molar-refractivity contribution < 1.29 is 4.79 Å². The van der Waals surface area contributed by atoms with E-state index < -0.39 is 0 Å². The van der Waals surface area contributed by atoms with Crippen LogP contribution in [0.15, 0.2) is 36.5 Å². The molecule has 2 rings (SSSR count). The Morgan fingerprint density at radius 2 is 2.06 bits per heavy atom. The number of aryl methyl sites for hydroxylation is 1. The van der Waals surface area contributed by atoms with E-state index >= 15 is 0 Å². The molecule has 0 saturated carbocycles. The highest BCUT2D eigenvalue weighted by atomic mass is 16.2. The number of rotatable bonds is 3. The summed E-state index contributed by atoms with van der Waals surface area (Å²) < 4.78 is 0. The molecule has 5 nitrogen and oxygen atoms in total. The fraction of sp³-hybridized carbons (Fsp3) is 0.250. The van der Waals surface area contributed by atoms with Crippen molar-refractivity contribution in [3.05, 3.63) is 42.2 Å². The van der Waals surface area contributed by atoms with Crippen LogP contribution in [0.1, 0.15) is 17.4 Å². The fourth-order valence-corrected chi connectivity index (χ4v) is 1.63. The predicted octanol–water partition coefficient (Wildman–Crippen LogP) is 1.48. The van der Waals surface area contributed by atoms with E-state index in [-0.39, 0.29) is 5.91 Å². The summed E-state index contributed by atoms with van der Waals surface area (Å²) >= 11 is 0. The van der Waals surface area contributed by atoms with E-state index in [4.69, 9.17) is 0 Å². The van der Waals surface area contributed by atoms with E-state index in [0.717, 1.165) is 5.69 Å². The van der Waals surface area contributed by atoms with Gasteiger partial charge in [-0.25, -0.2) is 0 Å². The zero-order valence-electron chi connectivity index (χ0n) is 9.87. The first-order valence-corrected chi connectivity index (χ1v) is 5.45. The topological polar surface area (TPSA) is 51.0 Å². The summed E-state index contributed by atoms with van der Waals surface area (Å²) in [5, 5.41) is 7.93. The second-order valence-corrected chi connectivity index (χ2v) is 3.60.